The molecule has 114 valence electrons. The Hall–Kier alpha value is -1.27. The third-order valence-corrected chi connectivity index (χ3v) is 2.95. The molecule has 0 fully saturated rings. The zero-order valence-electron chi connectivity index (χ0n) is 11.2. The Labute approximate surface area is 122 Å². The van der Waals surface area contributed by atoms with Crippen molar-refractivity contribution in [1.29, 1.82) is 0 Å². The van der Waals surface area contributed by atoms with Crippen LogP contribution in [0.25, 0.3) is 0 Å². The Morgan fingerprint density at radius 2 is 1.75 bits per heavy atom. The van der Waals surface area contributed by atoms with Gasteiger partial charge in [-0.1, -0.05) is 19.1 Å². The molecule has 1 aromatic rings. The monoisotopic (exact) mass is 310 g/mol. The fraction of sp³-hybridized carbons (Fsp3) is 0.462. The van der Waals surface area contributed by atoms with Gasteiger partial charge >= 0.3 is 6.18 Å². The molecule has 1 aromatic carbocycles. The summed E-state index contributed by atoms with van der Waals surface area (Å²) < 4.78 is 37.0. The number of carbonyl (C=O) groups is 1. The number of nitrogens with two attached hydrogens (primary N) is 1. The Morgan fingerprint density at radius 1 is 1.25 bits per heavy atom. The van der Waals surface area contributed by atoms with Crippen molar-refractivity contribution in [3.8, 4) is 0 Å². The normalized spacial score (nSPS) is 14.1. The van der Waals surface area contributed by atoms with Gasteiger partial charge in [0.25, 0.3) is 0 Å². The van der Waals surface area contributed by atoms with Crippen molar-refractivity contribution >= 4 is 18.3 Å². The van der Waals surface area contributed by atoms with Crippen LogP contribution in [0.1, 0.15) is 25.0 Å². The molecule has 1 amide bonds. The molecule has 1 rings (SSSR count). The van der Waals surface area contributed by atoms with Crippen LogP contribution in [0, 0.1) is 5.92 Å². The minimum absolute atomic E-state index is 0. The second-order valence-electron chi connectivity index (χ2n) is 4.56. The number of alkyl halides is 3. The number of benzene rings is 1. The highest BCUT2D eigenvalue weighted by molar-refractivity contribution is 5.85. The van der Waals surface area contributed by atoms with Gasteiger partial charge in [0.15, 0.2) is 0 Å². The van der Waals surface area contributed by atoms with Gasteiger partial charge in [-0.2, -0.15) is 13.2 Å². The Balaban J connectivity index is 0.00000361. The van der Waals surface area contributed by atoms with Crippen LogP contribution in [0.2, 0.25) is 0 Å². The summed E-state index contributed by atoms with van der Waals surface area (Å²) in [5, 5.41) is 2.64. The van der Waals surface area contributed by atoms with Crippen LogP contribution in [-0.2, 0) is 17.5 Å². The van der Waals surface area contributed by atoms with Crippen LogP contribution < -0.4 is 11.1 Å². The third-order valence-electron chi connectivity index (χ3n) is 2.95. The van der Waals surface area contributed by atoms with Gasteiger partial charge in [-0.25, -0.2) is 0 Å². The first-order chi connectivity index (χ1) is 8.71. The minimum atomic E-state index is -4.34. The summed E-state index contributed by atoms with van der Waals surface area (Å²) in [7, 11) is 0. The van der Waals surface area contributed by atoms with E-state index in [1.807, 2.05) is 0 Å². The molecule has 2 atom stereocenters. The highest BCUT2D eigenvalue weighted by Gasteiger charge is 2.29. The molecule has 0 bridgehead atoms. The van der Waals surface area contributed by atoms with Gasteiger partial charge in [0, 0.05) is 18.5 Å². The van der Waals surface area contributed by atoms with Crippen LogP contribution in [0.3, 0.4) is 0 Å². The minimum Gasteiger partial charge on any atom is -0.352 e. The summed E-state index contributed by atoms with van der Waals surface area (Å²) in [6.07, 6.45) is -4.34. The lowest BCUT2D eigenvalue weighted by atomic mass is 10.0. The zero-order chi connectivity index (χ0) is 14.6. The maximum atomic E-state index is 12.3. The second kappa shape index (κ2) is 7.50. The Bertz CT molecular complexity index is 432. The molecule has 3 nitrogen and oxygen atoms in total. The van der Waals surface area contributed by atoms with E-state index in [0.29, 0.717) is 5.56 Å². The van der Waals surface area contributed by atoms with Crippen LogP contribution in [-0.4, -0.2) is 11.9 Å². The molecule has 2 unspecified atom stereocenters. The van der Waals surface area contributed by atoms with Crippen molar-refractivity contribution in [2.75, 3.05) is 0 Å². The predicted octanol–water partition coefficient (Wildman–Crippen LogP) is 2.73. The molecule has 0 saturated heterocycles. The van der Waals surface area contributed by atoms with Crippen molar-refractivity contribution < 1.29 is 18.0 Å². The molecule has 3 N–H and O–H groups in total. The highest BCUT2D eigenvalue weighted by atomic mass is 35.5. The molecule has 0 radical (unpaired) electrons. The van der Waals surface area contributed by atoms with Crippen LogP contribution in [0.15, 0.2) is 24.3 Å². The summed E-state index contributed by atoms with van der Waals surface area (Å²) in [6, 6.07) is 4.42. The Morgan fingerprint density at radius 3 is 2.15 bits per heavy atom. The van der Waals surface area contributed by atoms with E-state index in [9.17, 15) is 18.0 Å². The smallest absolute Gasteiger partial charge is 0.352 e. The average Bonchev–Trinajstić information content (AvgIpc) is 2.34. The van der Waals surface area contributed by atoms with Crippen molar-refractivity contribution in [3.05, 3.63) is 35.4 Å². The number of hydrogen-bond acceptors (Lipinski definition) is 2. The van der Waals surface area contributed by atoms with E-state index < -0.39 is 11.7 Å². The van der Waals surface area contributed by atoms with E-state index in [1.165, 1.54) is 12.1 Å². The summed E-state index contributed by atoms with van der Waals surface area (Å²) in [5.41, 5.74) is 5.49. The summed E-state index contributed by atoms with van der Waals surface area (Å²) in [5.74, 6) is -0.552. The summed E-state index contributed by atoms with van der Waals surface area (Å²) in [6.45, 7) is 3.61. The van der Waals surface area contributed by atoms with Crippen molar-refractivity contribution in [2.24, 2.45) is 11.7 Å². The Kier molecular flexibility index (Phi) is 7.02. The number of nitrogens with one attached hydrogen (secondary N) is 1. The van der Waals surface area contributed by atoms with Gasteiger partial charge in [-0.3, -0.25) is 4.79 Å². The molecule has 0 spiro atoms. The van der Waals surface area contributed by atoms with Crippen LogP contribution >= 0.6 is 12.4 Å². The molecule has 0 aromatic heterocycles. The van der Waals surface area contributed by atoms with Gasteiger partial charge in [0.05, 0.1) is 5.56 Å². The molecule has 20 heavy (non-hydrogen) atoms. The number of carbonyl (C=O) groups excluding carboxylic acids is 1. The molecule has 0 aliphatic heterocycles. The quantitative estimate of drug-likeness (QED) is 0.898. The van der Waals surface area contributed by atoms with Gasteiger partial charge < -0.3 is 11.1 Å². The van der Waals surface area contributed by atoms with E-state index in [2.05, 4.69) is 5.32 Å². The number of amides is 1. The lowest BCUT2D eigenvalue weighted by molar-refractivity contribution is -0.137. The van der Waals surface area contributed by atoms with Crippen LogP contribution in [0.4, 0.5) is 13.2 Å². The average molecular weight is 311 g/mol. The number of halogens is 4. The van der Waals surface area contributed by atoms with Gasteiger partial charge in [-0.05, 0) is 24.6 Å². The highest BCUT2D eigenvalue weighted by Crippen LogP contribution is 2.29. The molecular formula is C13H18ClF3N2O. The first kappa shape index (κ1) is 18.7. The lowest BCUT2D eigenvalue weighted by Gasteiger charge is -2.15. The summed E-state index contributed by atoms with van der Waals surface area (Å²) >= 11 is 0. The molecule has 0 heterocycles. The molecule has 0 saturated carbocycles. The lowest BCUT2D eigenvalue weighted by Crippen LogP contribution is -2.38. The predicted molar refractivity (Wildman–Crippen MR) is 73.4 cm³/mol. The molecule has 7 heteroatoms. The molecular weight excluding hydrogens is 293 g/mol. The van der Waals surface area contributed by atoms with Gasteiger partial charge in [0.2, 0.25) is 5.91 Å². The van der Waals surface area contributed by atoms with Crippen molar-refractivity contribution in [1.82, 2.24) is 5.32 Å². The van der Waals surface area contributed by atoms with Crippen molar-refractivity contribution in [3.63, 3.8) is 0 Å². The third kappa shape index (κ3) is 5.38. The SMILES string of the molecule is CC(N)C(C)C(=O)NCc1ccc(C(F)(F)F)cc1.Cl. The summed E-state index contributed by atoms with van der Waals surface area (Å²) in [4.78, 5) is 11.6. The van der Waals surface area contributed by atoms with E-state index in [0.717, 1.165) is 12.1 Å². The van der Waals surface area contributed by atoms with E-state index >= 15 is 0 Å². The first-order valence-corrected chi connectivity index (χ1v) is 5.91. The fourth-order valence-corrected chi connectivity index (χ4v) is 1.40. The standard InChI is InChI=1S/C13H17F3N2O.ClH/c1-8(9(2)17)12(19)18-7-10-3-5-11(6-4-10)13(14,15)16;/h3-6,8-9H,7,17H2,1-2H3,(H,18,19);1H. The molecule has 0 aliphatic carbocycles. The number of hydrogen-bond donors (Lipinski definition) is 2. The van der Waals surface area contributed by atoms with Crippen LogP contribution in [0.5, 0.6) is 0 Å². The van der Waals surface area contributed by atoms with E-state index in [1.54, 1.807) is 13.8 Å². The largest absolute Gasteiger partial charge is 0.416 e. The zero-order valence-corrected chi connectivity index (χ0v) is 12.0. The maximum Gasteiger partial charge on any atom is 0.416 e. The van der Waals surface area contributed by atoms with E-state index in [4.69, 9.17) is 5.73 Å². The first-order valence-electron chi connectivity index (χ1n) is 5.91. The van der Waals surface area contributed by atoms with Gasteiger partial charge in [-0.15, -0.1) is 12.4 Å². The van der Waals surface area contributed by atoms with Crippen molar-refractivity contribution in [2.45, 2.75) is 32.6 Å². The second-order valence-corrected chi connectivity index (χ2v) is 4.56. The van der Waals surface area contributed by atoms with Gasteiger partial charge in [0.1, 0.15) is 0 Å². The fourth-order valence-electron chi connectivity index (χ4n) is 1.40. The molecule has 0 aliphatic rings. The van der Waals surface area contributed by atoms with E-state index in [-0.39, 0.29) is 36.8 Å². The maximum absolute atomic E-state index is 12.3. The topological polar surface area (TPSA) is 55.1 Å². The number of rotatable bonds is 4.